The molecule has 1 saturated carbocycles. The summed E-state index contributed by atoms with van der Waals surface area (Å²) < 4.78 is 0. The minimum Gasteiger partial charge on any atom is -0.392 e. The van der Waals surface area contributed by atoms with Gasteiger partial charge in [0.25, 0.3) is 5.91 Å². The molecule has 0 aromatic heterocycles. The van der Waals surface area contributed by atoms with Crippen molar-refractivity contribution >= 4 is 34.7 Å². The largest absolute Gasteiger partial charge is 0.392 e. The summed E-state index contributed by atoms with van der Waals surface area (Å²) >= 11 is 11.0. The van der Waals surface area contributed by atoms with Crippen LogP contribution in [0.25, 0.3) is 0 Å². The summed E-state index contributed by atoms with van der Waals surface area (Å²) in [4.78, 5) is 12.5. The molecule has 0 saturated heterocycles. The van der Waals surface area contributed by atoms with Crippen LogP contribution in [0, 0.1) is 12.8 Å². The van der Waals surface area contributed by atoms with Crippen molar-refractivity contribution < 1.29 is 4.79 Å². The molecule has 5 heteroatoms. The van der Waals surface area contributed by atoms with E-state index < -0.39 is 0 Å². The normalized spacial score (nSPS) is 16.1. The molecule has 1 aliphatic rings. The Balaban J connectivity index is 2.16. The van der Waals surface area contributed by atoms with E-state index in [9.17, 15) is 4.79 Å². The molecular weight excluding hydrogens is 268 g/mol. The van der Waals surface area contributed by atoms with Crippen molar-refractivity contribution in [1.82, 2.24) is 5.32 Å². The molecule has 1 fully saturated rings. The molecule has 3 nitrogen and oxygen atoms in total. The maximum absolute atomic E-state index is 12.2. The molecule has 18 heavy (non-hydrogen) atoms. The van der Waals surface area contributed by atoms with Crippen LogP contribution in [-0.2, 0) is 0 Å². The molecule has 1 amide bonds. The zero-order chi connectivity index (χ0) is 13.3. The third-order valence-corrected chi connectivity index (χ3v) is 3.86. The number of hydrogen-bond donors (Lipinski definition) is 2. The Labute approximate surface area is 117 Å². The van der Waals surface area contributed by atoms with E-state index in [4.69, 9.17) is 29.6 Å². The first kappa shape index (κ1) is 13.3. The highest BCUT2D eigenvalue weighted by molar-refractivity contribution is 7.80. The van der Waals surface area contributed by atoms with Crippen LogP contribution in [0.1, 0.15) is 28.8 Å². The molecule has 1 unspecified atom stereocenters. The van der Waals surface area contributed by atoms with Crippen LogP contribution in [0.3, 0.4) is 0 Å². The van der Waals surface area contributed by atoms with Crippen LogP contribution in [-0.4, -0.2) is 16.9 Å². The zero-order valence-corrected chi connectivity index (χ0v) is 11.6. The minimum atomic E-state index is -0.203. The Bertz CT molecular complexity index is 500. The Morgan fingerprint density at radius 1 is 1.56 bits per heavy atom. The maximum Gasteiger partial charge on any atom is 0.252 e. The fourth-order valence-corrected chi connectivity index (χ4v) is 2.35. The number of carbonyl (C=O) groups is 1. The smallest absolute Gasteiger partial charge is 0.252 e. The predicted molar refractivity (Wildman–Crippen MR) is 77.0 cm³/mol. The van der Waals surface area contributed by atoms with Gasteiger partial charge in [0.05, 0.1) is 11.0 Å². The Hall–Kier alpha value is -1.13. The minimum absolute atomic E-state index is 0.167. The molecule has 96 valence electrons. The monoisotopic (exact) mass is 282 g/mol. The van der Waals surface area contributed by atoms with Crippen LogP contribution < -0.4 is 11.1 Å². The van der Waals surface area contributed by atoms with E-state index in [1.807, 2.05) is 6.92 Å². The summed E-state index contributed by atoms with van der Waals surface area (Å²) in [5.74, 6) is 0.227. The van der Waals surface area contributed by atoms with Crippen LogP contribution in [0.15, 0.2) is 18.2 Å². The van der Waals surface area contributed by atoms with E-state index in [1.54, 1.807) is 18.2 Å². The van der Waals surface area contributed by atoms with Crippen molar-refractivity contribution in [3.8, 4) is 0 Å². The fourth-order valence-electron chi connectivity index (χ4n) is 1.92. The zero-order valence-electron chi connectivity index (χ0n) is 10.1. The molecule has 1 aromatic carbocycles. The van der Waals surface area contributed by atoms with Gasteiger partial charge < -0.3 is 11.1 Å². The van der Waals surface area contributed by atoms with Gasteiger partial charge in [0.15, 0.2) is 0 Å². The SMILES string of the molecule is Cc1c(Cl)cccc1C(=O)NC(C(N)=S)C1CC1. The van der Waals surface area contributed by atoms with Gasteiger partial charge in [-0.3, -0.25) is 4.79 Å². The number of thiocarbonyl (C=S) groups is 1. The molecule has 0 spiro atoms. The number of nitrogens with two attached hydrogens (primary N) is 1. The average molecular weight is 283 g/mol. The van der Waals surface area contributed by atoms with E-state index in [-0.39, 0.29) is 11.9 Å². The third-order valence-electron chi connectivity index (χ3n) is 3.20. The van der Waals surface area contributed by atoms with Crippen molar-refractivity contribution in [2.24, 2.45) is 11.7 Å². The molecule has 0 aliphatic heterocycles. The van der Waals surface area contributed by atoms with Gasteiger partial charge in [-0.1, -0.05) is 29.9 Å². The first-order valence-electron chi connectivity index (χ1n) is 5.86. The Kier molecular flexibility index (Phi) is 3.88. The number of halogens is 1. The number of benzene rings is 1. The standard InChI is InChI=1S/C13H15ClN2OS/c1-7-9(3-2-4-10(7)14)13(17)16-11(12(15)18)8-5-6-8/h2-4,8,11H,5-6H2,1H3,(H2,15,18)(H,16,17). The Morgan fingerprint density at radius 3 is 2.78 bits per heavy atom. The number of rotatable bonds is 4. The lowest BCUT2D eigenvalue weighted by atomic mass is 10.1. The first-order chi connectivity index (χ1) is 8.50. The van der Waals surface area contributed by atoms with Gasteiger partial charge in [-0.2, -0.15) is 0 Å². The molecule has 0 bridgehead atoms. The molecule has 3 N–H and O–H groups in total. The summed E-state index contributed by atoms with van der Waals surface area (Å²) in [5, 5.41) is 3.48. The van der Waals surface area contributed by atoms with Crippen LogP contribution in [0.5, 0.6) is 0 Å². The highest BCUT2D eigenvalue weighted by Gasteiger charge is 2.34. The summed E-state index contributed by atoms with van der Waals surface area (Å²) in [6.45, 7) is 1.82. The summed E-state index contributed by atoms with van der Waals surface area (Å²) in [7, 11) is 0. The molecular formula is C13H15ClN2OS. The summed E-state index contributed by atoms with van der Waals surface area (Å²) in [6.07, 6.45) is 2.13. The molecule has 1 atom stereocenters. The third kappa shape index (κ3) is 2.82. The lowest BCUT2D eigenvalue weighted by molar-refractivity contribution is 0.0943. The number of amides is 1. The second kappa shape index (κ2) is 5.24. The van der Waals surface area contributed by atoms with E-state index in [2.05, 4.69) is 5.32 Å². The first-order valence-corrected chi connectivity index (χ1v) is 6.64. The summed E-state index contributed by atoms with van der Waals surface area (Å²) in [5.41, 5.74) is 7.01. The maximum atomic E-state index is 12.2. The molecule has 0 radical (unpaired) electrons. The van der Waals surface area contributed by atoms with Gasteiger partial charge in [0.1, 0.15) is 0 Å². The van der Waals surface area contributed by atoms with Gasteiger partial charge in [-0.25, -0.2) is 0 Å². The molecule has 1 aliphatic carbocycles. The lowest BCUT2D eigenvalue weighted by Gasteiger charge is -2.17. The van der Waals surface area contributed by atoms with E-state index in [0.29, 0.717) is 21.5 Å². The number of nitrogens with one attached hydrogen (secondary N) is 1. The van der Waals surface area contributed by atoms with Crippen molar-refractivity contribution in [3.05, 3.63) is 34.3 Å². The second-order valence-electron chi connectivity index (χ2n) is 4.60. The predicted octanol–water partition coefficient (Wildman–Crippen LogP) is 2.44. The van der Waals surface area contributed by atoms with Gasteiger partial charge in [-0.05, 0) is 43.4 Å². The number of hydrogen-bond acceptors (Lipinski definition) is 2. The topological polar surface area (TPSA) is 55.1 Å². The fraction of sp³-hybridized carbons (Fsp3) is 0.385. The van der Waals surface area contributed by atoms with Crippen molar-refractivity contribution in [2.75, 3.05) is 0 Å². The number of carbonyl (C=O) groups excluding carboxylic acids is 1. The lowest BCUT2D eigenvalue weighted by Crippen LogP contribution is -2.45. The van der Waals surface area contributed by atoms with Gasteiger partial charge in [-0.15, -0.1) is 0 Å². The van der Waals surface area contributed by atoms with Crippen LogP contribution in [0.4, 0.5) is 0 Å². The second-order valence-corrected chi connectivity index (χ2v) is 5.48. The van der Waals surface area contributed by atoms with Crippen molar-refractivity contribution in [1.29, 1.82) is 0 Å². The van der Waals surface area contributed by atoms with Crippen molar-refractivity contribution in [3.63, 3.8) is 0 Å². The van der Waals surface area contributed by atoms with Gasteiger partial charge in [0.2, 0.25) is 0 Å². The average Bonchev–Trinajstić information content (AvgIpc) is 3.13. The van der Waals surface area contributed by atoms with E-state index >= 15 is 0 Å². The Morgan fingerprint density at radius 2 is 2.22 bits per heavy atom. The van der Waals surface area contributed by atoms with E-state index in [1.165, 1.54) is 0 Å². The molecule has 2 rings (SSSR count). The van der Waals surface area contributed by atoms with Gasteiger partial charge >= 0.3 is 0 Å². The highest BCUT2D eigenvalue weighted by atomic mass is 35.5. The van der Waals surface area contributed by atoms with Gasteiger partial charge in [0, 0.05) is 10.6 Å². The highest BCUT2D eigenvalue weighted by Crippen LogP contribution is 2.33. The quantitative estimate of drug-likeness (QED) is 0.834. The summed E-state index contributed by atoms with van der Waals surface area (Å²) in [6, 6.07) is 5.07. The molecule has 1 aromatic rings. The van der Waals surface area contributed by atoms with Crippen LogP contribution >= 0.6 is 23.8 Å². The van der Waals surface area contributed by atoms with Crippen LogP contribution in [0.2, 0.25) is 5.02 Å². The molecule has 0 heterocycles. The van der Waals surface area contributed by atoms with E-state index in [0.717, 1.165) is 18.4 Å². The van der Waals surface area contributed by atoms with Crippen molar-refractivity contribution in [2.45, 2.75) is 25.8 Å².